The lowest BCUT2D eigenvalue weighted by Crippen LogP contribution is -2.11. The van der Waals surface area contributed by atoms with Gasteiger partial charge >= 0.3 is 0 Å². The van der Waals surface area contributed by atoms with Crippen LogP contribution in [0.3, 0.4) is 0 Å². The predicted molar refractivity (Wildman–Crippen MR) is 70.3 cm³/mol. The normalized spacial score (nSPS) is 18.6. The summed E-state index contributed by atoms with van der Waals surface area (Å²) < 4.78 is 5.58. The van der Waals surface area contributed by atoms with Crippen LogP contribution in [0.2, 0.25) is 0 Å². The quantitative estimate of drug-likeness (QED) is 0.604. The van der Waals surface area contributed by atoms with Crippen molar-refractivity contribution in [2.24, 2.45) is 5.92 Å². The Morgan fingerprint density at radius 3 is 2.89 bits per heavy atom. The maximum absolute atomic E-state index is 11.5. The average Bonchev–Trinajstić information content (AvgIpc) is 2.77. The van der Waals surface area contributed by atoms with Crippen LogP contribution in [0.1, 0.15) is 31.2 Å². The van der Waals surface area contributed by atoms with E-state index < -0.39 is 4.92 Å². The summed E-state index contributed by atoms with van der Waals surface area (Å²) >= 11 is 0. The molecule has 0 aliphatic heterocycles. The van der Waals surface area contributed by atoms with E-state index in [1.165, 1.54) is 12.1 Å². The molecule has 0 saturated heterocycles. The number of ether oxygens (including phenoxy) is 1. The molecular formula is C14H17NO4. The number of hydrogen-bond acceptors (Lipinski definition) is 4. The minimum Gasteiger partial charge on any atom is -0.493 e. The van der Waals surface area contributed by atoms with Crippen molar-refractivity contribution in [1.82, 2.24) is 0 Å². The first-order valence-electron chi connectivity index (χ1n) is 6.48. The van der Waals surface area contributed by atoms with Crippen LogP contribution in [0.5, 0.6) is 5.75 Å². The number of nitrogens with zero attached hydrogens (tertiary/aromatic N) is 1. The van der Waals surface area contributed by atoms with Gasteiger partial charge in [-0.25, -0.2) is 0 Å². The molecule has 0 heterocycles. The van der Waals surface area contributed by atoms with E-state index >= 15 is 0 Å². The number of carbonyl (C=O) groups excluding carboxylic acids is 1. The van der Waals surface area contributed by atoms with Crippen molar-refractivity contribution in [2.45, 2.75) is 32.6 Å². The molecule has 1 aliphatic carbocycles. The molecular weight excluding hydrogens is 246 g/mol. The minimum atomic E-state index is -0.438. The summed E-state index contributed by atoms with van der Waals surface area (Å²) in [6, 6.07) is 4.57. The molecule has 2 rings (SSSR count). The third kappa shape index (κ3) is 3.30. The molecule has 19 heavy (non-hydrogen) atoms. The monoisotopic (exact) mass is 263 g/mol. The van der Waals surface area contributed by atoms with Gasteiger partial charge < -0.3 is 4.74 Å². The van der Waals surface area contributed by atoms with Gasteiger partial charge in [0.25, 0.3) is 5.69 Å². The Hall–Kier alpha value is -1.91. The Morgan fingerprint density at radius 1 is 1.47 bits per heavy atom. The zero-order valence-corrected chi connectivity index (χ0v) is 10.9. The van der Waals surface area contributed by atoms with Crippen LogP contribution in [-0.2, 0) is 4.79 Å². The fraction of sp³-hybridized carbons (Fsp3) is 0.500. The van der Waals surface area contributed by atoms with Crippen LogP contribution in [0, 0.1) is 23.0 Å². The number of non-ortho nitro benzene ring substituents is 1. The van der Waals surface area contributed by atoms with Crippen molar-refractivity contribution in [3.05, 3.63) is 33.9 Å². The van der Waals surface area contributed by atoms with Gasteiger partial charge in [0.1, 0.15) is 11.5 Å². The number of nitro groups is 1. The number of aryl methyl sites for hydroxylation is 1. The van der Waals surface area contributed by atoms with Crippen LogP contribution in [0.15, 0.2) is 18.2 Å². The van der Waals surface area contributed by atoms with Gasteiger partial charge in [-0.15, -0.1) is 0 Å². The molecule has 0 radical (unpaired) electrons. The lowest BCUT2D eigenvalue weighted by molar-refractivity contribution is -0.384. The van der Waals surface area contributed by atoms with Gasteiger partial charge in [-0.05, 0) is 37.8 Å². The SMILES string of the molecule is Cc1ccc([N+](=O)[O-])cc1OCCC1CCCC1=O. The first-order valence-corrected chi connectivity index (χ1v) is 6.48. The highest BCUT2D eigenvalue weighted by Gasteiger charge is 2.24. The van der Waals surface area contributed by atoms with Gasteiger partial charge in [-0.1, -0.05) is 0 Å². The minimum absolute atomic E-state index is 0.0255. The molecule has 0 spiro atoms. The highest BCUT2D eigenvalue weighted by molar-refractivity contribution is 5.82. The number of rotatable bonds is 5. The third-order valence-corrected chi connectivity index (χ3v) is 3.54. The molecule has 5 nitrogen and oxygen atoms in total. The van der Waals surface area contributed by atoms with Crippen molar-refractivity contribution in [3.63, 3.8) is 0 Å². The topological polar surface area (TPSA) is 69.4 Å². The highest BCUT2D eigenvalue weighted by Crippen LogP contribution is 2.27. The number of hydrogen-bond donors (Lipinski definition) is 0. The smallest absolute Gasteiger partial charge is 0.273 e. The van der Waals surface area contributed by atoms with Crippen molar-refractivity contribution in [2.75, 3.05) is 6.61 Å². The van der Waals surface area contributed by atoms with Crippen LogP contribution in [0.25, 0.3) is 0 Å². The molecule has 0 bridgehead atoms. The summed E-state index contributed by atoms with van der Waals surface area (Å²) in [6.45, 7) is 2.28. The number of nitro benzene ring substituents is 1. The molecule has 0 N–H and O–H groups in total. The predicted octanol–water partition coefficient (Wildman–Crippen LogP) is 3.04. The van der Waals surface area contributed by atoms with E-state index in [0.717, 1.165) is 18.4 Å². The second-order valence-electron chi connectivity index (χ2n) is 4.90. The molecule has 1 fully saturated rings. The zero-order valence-electron chi connectivity index (χ0n) is 10.9. The summed E-state index contributed by atoms with van der Waals surface area (Å²) in [7, 11) is 0. The second-order valence-corrected chi connectivity index (χ2v) is 4.90. The van der Waals surface area contributed by atoms with Crippen molar-refractivity contribution < 1.29 is 14.5 Å². The van der Waals surface area contributed by atoms with Crippen molar-refractivity contribution >= 4 is 11.5 Å². The van der Waals surface area contributed by atoms with Gasteiger partial charge in [0, 0.05) is 18.4 Å². The number of carbonyl (C=O) groups is 1. The Kier molecular flexibility index (Phi) is 4.14. The van der Waals surface area contributed by atoms with E-state index in [-0.39, 0.29) is 11.6 Å². The number of Topliss-reactive ketones (excluding diaryl/α,β-unsaturated/α-hetero) is 1. The van der Waals surface area contributed by atoms with Gasteiger partial charge in [-0.3, -0.25) is 14.9 Å². The molecule has 1 aromatic carbocycles. The molecule has 0 aromatic heterocycles. The van der Waals surface area contributed by atoms with E-state index in [4.69, 9.17) is 4.74 Å². The highest BCUT2D eigenvalue weighted by atomic mass is 16.6. The first kappa shape index (κ1) is 13.5. The second kappa shape index (κ2) is 5.82. The summed E-state index contributed by atoms with van der Waals surface area (Å²) in [5, 5.41) is 10.7. The van der Waals surface area contributed by atoms with Crippen LogP contribution < -0.4 is 4.74 Å². The van der Waals surface area contributed by atoms with E-state index in [1.807, 2.05) is 6.92 Å². The van der Waals surface area contributed by atoms with Crippen molar-refractivity contribution in [3.8, 4) is 5.75 Å². The molecule has 1 aliphatic rings. The lowest BCUT2D eigenvalue weighted by Gasteiger charge is -2.11. The maximum atomic E-state index is 11.5. The maximum Gasteiger partial charge on any atom is 0.273 e. The van der Waals surface area contributed by atoms with E-state index in [2.05, 4.69) is 0 Å². The molecule has 1 saturated carbocycles. The van der Waals surface area contributed by atoms with Crippen LogP contribution in [-0.4, -0.2) is 17.3 Å². The van der Waals surface area contributed by atoms with Gasteiger partial charge in [0.05, 0.1) is 17.6 Å². The van der Waals surface area contributed by atoms with E-state index in [0.29, 0.717) is 31.0 Å². The Labute approximate surface area is 111 Å². The summed E-state index contributed by atoms with van der Waals surface area (Å²) in [5.41, 5.74) is 0.890. The fourth-order valence-corrected chi connectivity index (χ4v) is 2.36. The summed E-state index contributed by atoms with van der Waals surface area (Å²) in [4.78, 5) is 21.7. The average molecular weight is 263 g/mol. The number of benzene rings is 1. The number of ketones is 1. The standard InChI is InChI=1S/C14H17NO4/c1-10-5-6-12(15(17)18)9-14(10)19-8-7-11-3-2-4-13(11)16/h5-6,9,11H,2-4,7-8H2,1H3. The largest absolute Gasteiger partial charge is 0.493 e. The van der Waals surface area contributed by atoms with E-state index in [9.17, 15) is 14.9 Å². The summed E-state index contributed by atoms with van der Waals surface area (Å²) in [5.74, 6) is 0.956. The van der Waals surface area contributed by atoms with Gasteiger partial charge in [-0.2, -0.15) is 0 Å². The molecule has 1 aromatic rings. The molecule has 102 valence electrons. The van der Waals surface area contributed by atoms with Gasteiger partial charge in [0.2, 0.25) is 0 Å². The summed E-state index contributed by atoms with van der Waals surface area (Å²) in [6.07, 6.45) is 3.29. The molecule has 0 amide bonds. The van der Waals surface area contributed by atoms with Gasteiger partial charge in [0.15, 0.2) is 0 Å². The Bertz CT molecular complexity index is 498. The van der Waals surface area contributed by atoms with Crippen LogP contribution >= 0.6 is 0 Å². The van der Waals surface area contributed by atoms with Crippen molar-refractivity contribution in [1.29, 1.82) is 0 Å². The molecule has 5 heteroatoms. The first-order chi connectivity index (χ1) is 9.08. The molecule has 1 unspecified atom stereocenters. The molecule has 1 atom stereocenters. The Morgan fingerprint density at radius 2 is 2.26 bits per heavy atom. The Balaban J connectivity index is 1.93. The van der Waals surface area contributed by atoms with Crippen LogP contribution in [0.4, 0.5) is 5.69 Å². The third-order valence-electron chi connectivity index (χ3n) is 3.54. The van der Waals surface area contributed by atoms with E-state index in [1.54, 1.807) is 6.07 Å². The lowest BCUT2D eigenvalue weighted by atomic mass is 10.0. The zero-order chi connectivity index (χ0) is 13.8. The fourth-order valence-electron chi connectivity index (χ4n) is 2.36.